The van der Waals surface area contributed by atoms with E-state index < -0.39 is 0 Å². The van der Waals surface area contributed by atoms with Crippen LogP contribution in [0.15, 0.2) is 30.6 Å². The summed E-state index contributed by atoms with van der Waals surface area (Å²) in [5, 5.41) is 9.75. The summed E-state index contributed by atoms with van der Waals surface area (Å²) in [6, 6.07) is 5.59. The zero-order chi connectivity index (χ0) is 14.6. The van der Waals surface area contributed by atoms with Gasteiger partial charge in [0, 0.05) is 28.8 Å². The predicted octanol–water partition coefficient (Wildman–Crippen LogP) is 2.94. The summed E-state index contributed by atoms with van der Waals surface area (Å²) in [4.78, 5) is 15.9. The van der Waals surface area contributed by atoms with E-state index in [9.17, 15) is 4.79 Å². The Morgan fingerprint density at radius 2 is 2.25 bits per heavy atom. The SMILES string of the molecule is CC(C)(C)SCC(=O)Nc1cc(-c2cccnc2)[nH]n1. The maximum absolute atomic E-state index is 11.8. The number of H-pyrrole nitrogens is 1. The van der Waals surface area contributed by atoms with Gasteiger partial charge in [0.1, 0.15) is 0 Å². The second-order valence-corrected chi connectivity index (χ2v) is 7.16. The molecule has 0 aliphatic carbocycles. The van der Waals surface area contributed by atoms with Crippen LogP contribution in [0.4, 0.5) is 5.82 Å². The summed E-state index contributed by atoms with van der Waals surface area (Å²) in [5.41, 5.74) is 1.77. The maximum atomic E-state index is 11.8. The molecule has 5 nitrogen and oxygen atoms in total. The highest BCUT2D eigenvalue weighted by Gasteiger charge is 2.14. The van der Waals surface area contributed by atoms with Gasteiger partial charge in [0.2, 0.25) is 5.91 Å². The Morgan fingerprint density at radius 1 is 1.45 bits per heavy atom. The number of amides is 1. The standard InChI is InChI=1S/C14H18N4OS/c1-14(2,3)20-9-13(19)16-12-7-11(17-18-12)10-5-4-6-15-8-10/h4-8H,9H2,1-3H3,(H2,16,17,18,19). The van der Waals surface area contributed by atoms with Crippen molar-refractivity contribution in [3.05, 3.63) is 30.6 Å². The quantitative estimate of drug-likeness (QED) is 0.908. The molecule has 0 unspecified atom stereocenters. The van der Waals surface area contributed by atoms with E-state index >= 15 is 0 Å². The third-order valence-corrected chi connectivity index (χ3v) is 3.73. The number of rotatable bonds is 4. The fourth-order valence-electron chi connectivity index (χ4n) is 1.52. The van der Waals surface area contributed by atoms with Gasteiger partial charge in [-0.25, -0.2) is 0 Å². The van der Waals surface area contributed by atoms with E-state index in [0.717, 1.165) is 11.3 Å². The number of pyridine rings is 1. The minimum absolute atomic E-state index is 0.0471. The fourth-order valence-corrected chi connectivity index (χ4v) is 2.15. The molecular formula is C14H18N4OS. The molecule has 0 spiro atoms. The third kappa shape index (κ3) is 4.38. The number of hydrogen-bond acceptors (Lipinski definition) is 4. The minimum atomic E-state index is -0.0471. The van der Waals surface area contributed by atoms with Crippen molar-refractivity contribution in [3.63, 3.8) is 0 Å². The molecule has 0 saturated carbocycles. The highest BCUT2D eigenvalue weighted by Crippen LogP contribution is 2.23. The largest absolute Gasteiger partial charge is 0.308 e. The number of nitrogens with one attached hydrogen (secondary N) is 2. The minimum Gasteiger partial charge on any atom is -0.308 e. The Labute approximate surface area is 122 Å². The van der Waals surface area contributed by atoms with Gasteiger partial charge in [0.05, 0.1) is 11.4 Å². The molecule has 6 heteroatoms. The molecule has 0 radical (unpaired) electrons. The van der Waals surface area contributed by atoms with Crippen LogP contribution in [0.1, 0.15) is 20.8 Å². The molecule has 106 valence electrons. The zero-order valence-corrected chi connectivity index (χ0v) is 12.6. The van der Waals surface area contributed by atoms with Crippen LogP contribution in [0.3, 0.4) is 0 Å². The second-order valence-electron chi connectivity index (χ2n) is 5.36. The highest BCUT2D eigenvalue weighted by atomic mass is 32.2. The molecule has 0 fully saturated rings. The Morgan fingerprint density at radius 3 is 2.90 bits per heavy atom. The van der Waals surface area contributed by atoms with Crippen molar-refractivity contribution in [1.82, 2.24) is 15.2 Å². The van der Waals surface area contributed by atoms with Crippen molar-refractivity contribution < 1.29 is 4.79 Å². The van der Waals surface area contributed by atoms with Gasteiger partial charge in [0.25, 0.3) is 0 Å². The molecule has 0 aliphatic heterocycles. The molecule has 2 aromatic heterocycles. The number of aromatic nitrogens is 3. The molecule has 2 aromatic rings. The number of aromatic amines is 1. The molecule has 20 heavy (non-hydrogen) atoms. The van der Waals surface area contributed by atoms with Crippen LogP contribution in [0, 0.1) is 0 Å². The average molecular weight is 290 g/mol. The number of carbonyl (C=O) groups is 1. The number of anilines is 1. The van der Waals surface area contributed by atoms with Gasteiger partial charge in [0.15, 0.2) is 5.82 Å². The lowest BCUT2D eigenvalue weighted by atomic mass is 10.2. The van der Waals surface area contributed by atoms with E-state index in [2.05, 4.69) is 41.3 Å². The lowest BCUT2D eigenvalue weighted by molar-refractivity contribution is -0.113. The molecule has 0 bridgehead atoms. The molecular weight excluding hydrogens is 272 g/mol. The summed E-state index contributed by atoms with van der Waals surface area (Å²) in [5.74, 6) is 0.899. The molecule has 0 saturated heterocycles. The van der Waals surface area contributed by atoms with Gasteiger partial charge in [-0.15, -0.1) is 11.8 Å². The van der Waals surface area contributed by atoms with Gasteiger partial charge in [-0.2, -0.15) is 5.10 Å². The highest BCUT2D eigenvalue weighted by molar-refractivity contribution is 8.01. The molecule has 2 N–H and O–H groups in total. The summed E-state index contributed by atoms with van der Waals surface area (Å²) in [6.45, 7) is 6.25. The summed E-state index contributed by atoms with van der Waals surface area (Å²) < 4.78 is 0.0732. The van der Waals surface area contributed by atoms with Crippen molar-refractivity contribution >= 4 is 23.5 Å². The van der Waals surface area contributed by atoms with Crippen molar-refractivity contribution in [2.75, 3.05) is 11.1 Å². The molecule has 0 aromatic carbocycles. The van der Waals surface area contributed by atoms with E-state index in [-0.39, 0.29) is 10.7 Å². The topological polar surface area (TPSA) is 70.7 Å². The first-order chi connectivity index (χ1) is 9.44. The maximum Gasteiger partial charge on any atom is 0.235 e. The third-order valence-electron chi connectivity index (χ3n) is 2.45. The molecule has 0 atom stereocenters. The first-order valence-corrected chi connectivity index (χ1v) is 7.32. The molecule has 1 amide bonds. The van der Waals surface area contributed by atoms with E-state index in [1.54, 1.807) is 30.2 Å². The van der Waals surface area contributed by atoms with Crippen LogP contribution in [-0.2, 0) is 4.79 Å². The monoisotopic (exact) mass is 290 g/mol. The number of carbonyl (C=O) groups excluding carboxylic acids is 1. The van der Waals surface area contributed by atoms with E-state index in [1.165, 1.54) is 0 Å². The van der Waals surface area contributed by atoms with Crippen LogP contribution < -0.4 is 5.32 Å². The number of thioether (sulfide) groups is 1. The fraction of sp³-hybridized carbons (Fsp3) is 0.357. The van der Waals surface area contributed by atoms with Crippen molar-refractivity contribution in [2.24, 2.45) is 0 Å². The summed E-state index contributed by atoms with van der Waals surface area (Å²) in [7, 11) is 0. The zero-order valence-electron chi connectivity index (χ0n) is 11.8. The van der Waals surface area contributed by atoms with Gasteiger partial charge in [-0.05, 0) is 12.1 Å². The van der Waals surface area contributed by atoms with Crippen molar-refractivity contribution in [1.29, 1.82) is 0 Å². The van der Waals surface area contributed by atoms with E-state index in [1.807, 2.05) is 12.1 Å². The van der Waals surface area contributed by atoms with Crippen molar-refractivity contribution in [3.8, 4) is 11.3 Å². The number of nitrogens with zero attached hydrogens (tertiary/aromatic N) is 2. The molecule has 0 aliphatic rings. The first kappa shape index (κ1) is 14.6. The number of hydrogen-bond donors (Lipinski definition) is 2. The normalized spacial score (nSPS) is 11.3. The van der Waals surface area contributed by atoms with E-state index in [0.29, 0.717) is 11.6 Å². The predicted molar refractivity (Wildman–Crippen MR) is 82.7 cm³/mol. The first-order valence-electron chi connectivity index (χ1n) is 6.34. The summed E-state index contributed by atoms with van der Waals surface area (Å²) in [6.07, 6.45) is 3.46. The smallest absolute Gasteiger partial charge is 0.235 e. The van der Waals surface area contributed by atoms with Crippen molar-refractivity contribution in [2.45, 2.75) is 25.5 Å². The lowest BCUT2D eigenvalue weighted by Crippen LogP contribution is -2.19. The van der Waals surface area contributed by atoms with Crippen LogP contribution in [-0.4, -0.2) is 31.6 Å². The Balaban J connectivity index is 1.95. The van der Waals surface area contributed by atoms with Gasteiger partial charge in [-0.3, -0.25) is 14.9 Å². The van der Waals surface area contributed by atoms with Gasteiger partial charge < -0.3 is 5.32 Å². The van der Waals surface area contributed by atoms with Gasteiger partial charge in [-0.1, -0.05) is 20.8 Å². The molecule has 2 rings (SSSR count). The Bertz CT molecular complexity index is 574. The lowest BCUT2D eigenvalue weighted by Gasteiger charge is -2.16. The van der Waals surface area contributed by atoms with E-state index in [4.69, 9.17) is 0 Å². The van der Waals surface area contributed by atoms with Crippen LogP contribution >= 0.6 is 11.8 Å². The van der Waals surface area contributed by atoms with Gasteiger partial charge >= 0.3 is 0 Å². The Hall–Kier alpha value is -1.82. The summed E-state index contributed by atoms with van der Waals surface area (Å²) >= 11 is 1.60. The Kier molecular flexibility index (Phi) is 4.44. The molecule has 2 heterocycles. The van der Waals surface area contributed by atoms with Crippen LogP contribution in [0.5, 0.6) is 0 Å². The second kappa shape index (κ2) is 6.09. The average Bonchev–Trinajstić information content (AvgIpc) is 2.85. The van der Waals surface area contributed by atoms with Crippen LogP contribution in [0.2, 0.25) is 0 Å². The van der Waals surface area contributed by atoms with Crippen LogP contribution in [0.25, 0.3) is 11.3 Å².